The van der Waals surface area contributed by atoms with Crippen LogP contribution in [0.2, 0.25) is 0 Å². The zero-order chi connectivity index (χ0) is 14.4. The van der Waals surface area contributed by atoms with Crippen LogP contribution in [-0.4, -0.2) is 18.2 Å². The second-order valence-electron chi connectivity index (χ2n) is 6.91. The van der Waals surface area contributed by atoms with Gasteiger partial charge >= 0.3 is 0 Å². The van der Waals surface area contributed by atoms with E-state index < -0.39 is 0 Å². The van der Waals surface area contributed by atoms with Gasteiger partial charge in [-0.25, -0.2) is 0 Å². The maximum Gasteiger partial charge on any atom is 0.105 e. The Bertz CT molecular complexity index is 459. The van der Waals surface area contributed by atoms with Crippen molar-refractivity contribution in [1.29, 1.82) is 0 Å². The largest absolute Gasteiger partial charge is 0.466 e. The summed E-state index contributed by atoms with van der Waals surface area (Å²) in [6.07, 6.45) is 1.05. The molecule has 19 heavy (non-hydrogen) atoms. The predicted octanol–water partition coefficient (Wildman–Crippen LogP) is 3.75. The summed E-state index contributed by atoms with van der Waals surface area (Å²) in [7, 11) is 2.02. The van der Waals surface area contributed by atoms with Gasteiger partial charge in [0.25, 0.3) is 0 Å². The van der Waals surface area contributed by atoms with E-state index in [1.54, 1.807) is 0 Å². The highest BCUT2D eigenvalue weighted by Gasteiger charge is 2.49. The molecule has 1 aliphatic rings. The Morgan fingerprint density at radius 1 is 1.26 bits per heavy atom. The second kappa shape index (κ2) is 4.64. The first kappa shape index (κ1) is 14.6. The fourth-order valence-corrected chi connectivity index (χ4v) is 3.66. The van der Waals surface area contributed by atoms with Gasteiger partial charge in [0.05, 0.1) is 11.2 Å². The van der Waals surface area contributed by atoms with Gasteiger partial charge < -0.3 is 14.5 Å². The van der Waals surface area contributed by atoms with Crippen molar-refractivity contribution in [3.63, 3.8) is 0 Å². The zero-order valence-electron chi connectivity index (χ0n) is 13.3. The smallest absolute Gasteiger partial charge is 0.105 e. The lowest BCUT2D eigenvalue weighted by Gasteiger charge is -2.32. The van der Waals surface area contributed by atoms with Gasteiger partial charge in [0.2, 0.25) is 0 Å². The fourth-order valence-electron chi connectivity index (χ4n) is 3.66. The van der Waals surface area contributed by atoms with Gasteiger partial charge in [-0.2, -0.15) is 0 Å². The van der Waals surface area contributed by atoms with E-state index >= 15 is 0 Å². The van der Waals surface area contributed by atoms with Crippen LogP contribution in [0.15, 0.2) is 10.5 Å². The Balaban J connectivity index is 2.35. The Morgan fingerprint density at radius 2 is 1.89 bits per heavy atom. The topological polar surface area (TPSA) is 34.4 Å². The second-order valence-corrected chi connectivity index (χ2v) is 6.91. The van der Waals surface area contributed by atoms with Gasteiger partial charge in [-0.15, -0.1) is 0 Å². The van der Waals surface area contributed by atoms with Crippen LogP contribution in [0.1, 0.15) is 57.2 Å². The molecule has 3 nitrogen and oxygen atoms in total. The van der Waals surface area contributed by atoms with Gasteiger partial charge in [0, 0.05) is 17.5 Å². The number of furan rings is 1. The van der Waals surface area contributed by atoms with Crippen molar-refractivity contribution >= 4 is 0 Å². The molecule has 1 aliphatic heterocycles. The van der Waals surface area contributed by atoms with Crippen LogP contribution < -0.4 is 5.32 Å². The predicted molar refractivity (Wildman–Crippen MR) is 77.3 cm³/mol. The van der Waals surface area contributed by atoms with E-state index in [-0.39, 0.29) is 17.2 Å². The average molecular weight is 265 g/mol. The third kappa shape index (κ3) is 2.72. The molecule has 0 aromatic carbocycles. The molecule has 0 aliphatic carbocycles. The number of aryl methyl sites for hydroxylation is 2. The van der Waals surface area contributed by atoms with Crippen LogP contribution in [0.25, 0.3) is 0 Å². The van der Waals surface area contributed by atoms with Gasteiger partial charge in [-0.3, -0.25) is 0 Å². The number of ether oxygens (including phenoxy) is 1. The molecular formula is C16H27NO2. The first-order valence-electron chi connectivity index (χ1n) is 7.11. The van der Waals surface area contributed by atoms with Crippen molar-refractivity contribution < 1.29 is 9.15 Å². The minimum atomic E-state index is -0.130. The Hall–Kier alpha value is -0.800. The summed E-state index contributed by atoms with van der Waals surface area (Å²) in [6.45, 7) is 12.8. The summed E-state index contributed by atoms with van der Waals surface area (Å²) in [6, 6.07) is 2.42. The lowest BCUT2D eigenvalue weighted by Crippen LogP contribution is -2.37. The van der Waals surface area contributed by atoms with Crippen LogP contribution in [0, 0.1) is 19.8 Å². The molecule has 0 saturated carbocycles. The summed E-state index contributed by atoms with van der Waals surface area (Å²) in [4.78, 5) is 0. The molecule has 2 unspecified atom stereocenters. The summed E-state index contributed by atoms with van der Waals surface area (Å²) >= 11 is 0. The monoisotopic (exact) mass is 265 g/mol. The van der Waals surface area contributed by atoms with Crippen molar-refractivity contribution in [2.75, 3.05) is 7.05 Å². The fraction of sp³-hybridized carbons (Fsp3) is 0.750. The summed E-state index contributed by atoms with van der Waals surface area (Å²) in [5.41, 5.74) is 1.07. The standard InChI is InChI=1S/C16H27NO2/c1-10-8-12(11(2)18-10)14(17-7)13-9-15(3,4)19-16(13,5)6/h8,13-14,17H,9H2,1-7H3. The van der Waals surface area contributed by atoms with Crippen molar-refractivity contribution in [3.05, 3.63) is 23.2 Å². The first-order chi connectivity index (χ1) is 8.66. The molecule has 1 fully saturated rings. The molecule has 1 aromatic rings. The maximum atomic E-state index is 6.23. The molecule has 0 spiro atoms. The van der Waals surface area contributed by atoms with Crippen molar-refractivity contribution in [3.8, 4) is 0 Å². The van der Waals surface area contributed by atoms with Crippen LogP contribution in [0.4, 0.5) is 0 Å². The summed E-state index contributed by atoms with van der Waals surface area (Å²) in [5.74, 6) is 2.42. The van der Waals surface area contributed by atoms with Gasteiger partial charge in [0.15, 0.2) is 0 Å². The van der Waals surface area contributed by atoms with Crippen LogP contribution in [-0.2, 0) is 4.74 Å². The van der Waals surface area contributed by atoms with E-state index in [1.807, 2.05) is 20.9 Å². The number of rotatable bonds is 3. The highest BCUT2D eigenvalue weighted by atomic mass is 16.5. The quantitative estimate of drug-likeness (QED) is 0.904. The first-order valence-corrected chi connectivity index (χ1v) is 7.11. The molecule has 2 atom stereocenters. The van der Waals surface area contributed by atoms with E-state index in [0.29, 0.717) is 5.92 Å². The minimum Gasteiger partial charge on any atom is -0.466 e. The third-order valence-electron chi connectivity index (χ3n) is 4.27. The van der Waals surface area contributed by atoms with Crippen LogP contribution in [0.5, 0.6) is 0 Å². The highest BCUT2D eigenvalue weighted by Crippen LogP contribution is 2.48. The Labute approximate surface area is 116 Å². The zero-order valence-corrected chi connectivity index (χ0v) is 13.3. The normalized spacial score (nSPS) is 26.6. The maximum absolute atomic E-state index is 6.23. The molecule has 1 saturated heterocycles. The lowest BCUT2D eigenvalue weighted by atomic mass is 9.79. The highest BCUT2D eigenvalue weighted by molar-refractivity contribution is 5.26. The molecule has 2 rings (SSSR count). The minimum absolute atomic E-state index is 0.0596. The number of nitrogens with one attached hydrogen (secondary N) is 1. The van der Waals surface area contributed by atoms with E-state index in [2.05, 4.69) is 39.1 Å². The van der Waals surface area contributed by atoms with Gasteiger partial charge in [0.1, 0.15) is 11.5 Å². The Morgan fingerprint density at radius 3 is 2.26 bits per heavy atom. The van der Waals surface area contributed by atoms with E-state index in [0.717, 1.165) is 17.9 Å². The molecule has 108 valence electrons. The molecule has 0 amide bonds. The molecule has 0 bridgehead atoms. The lowest BCUT2D eigenvalue weighted by molar-refractivity contribution is -0.0777. The van der Waals surface area contributed by atoms with E-state index in [9.17, 15) is 0 Å². The van der Waals surface area contributed by atoms with E-state index in [1.165, 1.54) is 5.56 Å². The van der Waals surface area contributed by atoms with Crippen molar-refractivity contribution in [2.45, 2.75) is 65.2 Å². The van der Waals surface area contributed by atoms with Crippen LogP contribution in [0.3, 0.4) is 0 Å². The molecule has 2 heterocycles. The molecular weight excluding hydrogens is 238 g/mol. The van der Waals surface area contributed by atoms with E-state index in [4.69, 9.17) is 9.15 Å². The van der Waals surface area contributed by atoms with Crippen molar-refractivity contribution in [2.24, 2.45) is 5.92 Å². The molecule has 0 radical (unpaired) electrons. The van der Waals surface area contributed by atoms with Gasteiger partial charge in [-0.1, -0.05) is 0 Å². The number of hydrogen-bond acceptors (Lipinski definition) is 3. The van der Waals surface area contributed by atoms with Gasteiger partial charge in [-0.05, 0) is 61.1 Å². The Kier molecular flexibility index (Phi) is 3.56. The summed E-state index contributed by atoms with van der Waals surface area (Å²) < 4.78 is 11.9. The summed E-state index contributed by atoms with van der Waals surface area (Å²) in [5, 5.41) is 3.47. The average Bonchev–Trinajstić information content (AvgIpc) is 2.66. The molecule has 1 aromatic heterocycles. The SMILES string of the molecule is CNC(c1cc(C)oc1C)C1CC(C)(C)OC1(C)C. The van der Waals surface area contributed by atoms with Crippen LogP contribution >= 0.6 is 0 Å². The molecule has 1 N–H and O–H groups in total. The van der Waals surface area contributed by atoms with Crippen molar-refractivity contribution in [1.82, 2.24) is 5.32 Å². The third-order valence-corrected chi connectivity index (χ3v) is 4.27. The number of hydrogen-bond donors (Lipinski definition) is 1. The molecule has 3 heteroatoms.